The van der Waals surface area contributed by atoms with Crippen molar-refractivity contribution in [3.63, 3.8) is 0 Å². The summed E-state index contributed by atoms with van der Waals surface area (Å²) in [6, 6.07) is 5.42. The van der Waals surface area contributed by atoms with E-state index in [-0.39, 0.29) is 12.3 Å². The molecule has 132 valence electrons. The van der Waals surface area contributed by atoms with Crippen molar-refractivity contribution in [3.05, 3.63) is 29.8 Å². The molecule has 1 aromatic carbocycles. The lowest BCUT2D eigenvalue weighted by Gasteiger charge is -2.15. The lowest BCUT2D eigenvalue weighted by molar-refractivity contribution is -0.143. The first kappa shape index (κ1) is 18.3. The highest BCUT2D eigenvalue weighted by atomic mass is 16.2. The summed E-state index contributed by atoms with van der Waals surface area (Å²) in [5.41, 5.74) is 0.920. The number of ketones is 1. The minimum atomic E-state index is -0.997. The maximum Gasteiger partial charge on any atom is 0.334 e. The largest absolute Gasteiger partial charge is 0.334 e. The van der Waals surface area contributed by atoms with E-state index in [1.165, 1.54) is 6.92 Å². The Hall–Kier alpha value is -3.03. The summed E-state index contributed by atoms with van der Waals surface area (Å²) < 4.78 is 0. The molecule has 8 heteroatoms. The van der Waals surface area contributed by atoms with Crippen LogP contribution in [0.5, 0.6) is 0 Å². The molecule has 1 saturated heterocycles. The van der Waals surface area contributed by atoms with Gasteiger partial charge < -0.3 is 5.32 Å². The maximum absolute atomic E-state index is 12.1. The number of carbonyl (C=O) groups is 5. The topological polar surface area (TPSA) is 104 Å². The first-order valence-electron chi connectivity index (χ1n) is 7.93. The molecule has 0 bridgehead atoms. The third-order valence-corrected chi connectivity index (χ3v) is 3.75. The van der Waals surface area contributed by atoms with Gasteiger partial charge in [-0.15, -0.1) is 0 Å². The normalized spacial score (nSPS) is 14.2. The molecule has 1 fully saturated rings. The van der Waals surface area contributed by atoms with E-state index in [0.717, 1.165) is 11.3 Å². The van der Waals surface area contributed by atoms with E-state index < -0.39 is 30.3 Å². The number of nitrogens with zero attached hydrogens (tertiary/aromatic N) is 2. The summed E-state index contributed by atoms with van der Waals surface area (Å²) in [6.07, 6.45) is 1.36. The number of nitrogens with one attached hydrogen (secondary N) is 1. The van der Waals surface area contributed by atoms with Gasteiger partial charge in [0.15, 0.2) is 5.78 Å². The van der Waals surface area contributed by atoms with Crippen molar-refractivity contribution in [1.29, 1.82) is 0 Å². The fourth-order valence-corrected chi connectivity index (χ4v) is 2.34. The van der Waals surface area contributed by atoms with Crippen LogP contribution in [0.1, 0.15) is 37.0 Å². The van der Waals surface area contributed by atoms with Crippen LogP contribution in [0.4, 0.5) is 10.5 Å². The quantitative estimate of drug-likeness (QED) is 0.457. The first-order valence-corrected chi connectivity index (χ1v) is 7.93. The van der Waals surface area contributed by atoms with Gasteiger partial charge in [0.1, 0.15) is 6.54 Å². The van der Waals surface area contributed by atoms with Crippen molar-refractivity contribution in [2.24, 2.45) is 0 Å². The van der Waals surface area contributed by atoms with Crippen LogP contribution in [-0.2, 0) is 14.4 Å². The number of anilines is 1. The summed E-state index contributed by atoms with van der Waals surface area (Å²) in [5, 5.41) is 2.52. The molecule has 1 N–H and O–H groups in total. The molecule has 0 saturated carbocycles. The van der Waals surface area contributed by atoms with E-state index >= 15 is 0 Å². The van der Waals surface area contributed by atoms with E-state index in [9.17, 15) is 24.0 Å². The number of unbranched alkanes of at least 4 members (excludes halogenated alkanes) is 1. The zero-order chi connectivity index (χ0) is 18.6. The van der Waals surface area contributed by atoms with E-state index in [4.69, 9.17) is 0 Å². The fourth-order valence-electron chi connectivity index (χ4n) is 2.34. The number of urea groups is 1. The monoisotopic (exact) mass is 345 g/mol. The van der Waals surface area contributed by atoms with Gasteiger partial charge in [0.25, 0.3) is 0 Å². The number of carbonyl (C=O) groups excluding carboxylic acids is 5. The Labute approximate surface area is 144 Å². The molecule has 0 radical (unpaired) electrons. The van der Waals surface area contributed by atoms with E-state index in [1.807, 2.05) is 6.92 Å². The third kappa shape index (κ3) is 4.09. The third-order valence-electron chi connectivity index (χ3n) is 3.75. The second-order valence-corrected chi connectivity index (χ2v) is 5.67. The van der Waals surface area contributed by atoms with Crippen LogP contribution in [0.25, 0.3) is 0 Å². The van der Waals surface area contributed by atoms with Gasteiger partial charge in [-0.1, -0.05) is 13.3 Å². The average Bonchev–Trinajstić information content (AvgIpc) is 2.77. The Morgan fingerprint density at radius 2 is 1.60 bits per heavy atom. The molecule has 0 aliphatic carbocycles. The predicted octanol–water partition coefficient (Wildman–Crippen LogP) is 1.42. The Bertz CT molecular complexity index is 726. The summed E-state index contributed by atoms with van der Waals surface area (Å²) in [6.45, 7) is 2.94. The van der Waals surface area contributed by atoms with Crippen LogP contribution in [0.2, 0.25) is 0 Å². The van der Waals surface area contributed by atoms with E-state index in [0.29, 0.717) is 22.6 Å². The van der Waals surface area contributed by atoms with Gasteiger partial charge in [-0.2, -0.15) is 0 Å². The molecule has 5 amide bonds. The molecule has 0 spiro atoms. The molecular weight excluding hydrogens is 326 g/mol. The lowest BCUT2D eigenvalue weighted by atomic mass is 10.1. The highest BCUT2D eigenvalue weighted by molar-refractivity contribution is 6.45. The lowest BCUT2D eigenvalue weighted by Crippen LogP contribution is -2.39. The zero-order valence-electron chi connectivity index (χ0n) is 14.1. The molecule has 1 aromatic rings. The van der Waals surface area contributed by atoms with Crippen LogP contribution in [0, 0.1) is 0 Å². The first-order chi connectivity index (χ1) is 11.8. The fraction of sp³-hybridized carbons (Fsp3) is 0.353. The number of rotatable bonds is 7. The molecule has 1 heterocycles. The van der Waals surface area contributed by atoms with Gasteiger partial charge in [0.05, 0.1) is 0 Å². The van der Waals surface area contributed by atoms with Crippen molar-refractivity contribution in [3.8, 4) is 0 Å². The van der Waals surface area contributed by atoms with E-state index in [1.54, 1.807) is 24.3 Å². The van der Waals surface area contributed by atoms with Crippen molar-refractivity contribution >= 4 is 35.2 Å². The Balaban J connectivity index is 2.00. The standard InChI is InChI=1S/C17H19N3O5/c1-3-4-9-19-15(23)16(24)20(17(19)25)10-14(22)18-13-7-5-12(6-8-13)11(2)21/h5-8H,3-4,9-10H2,1-2H3,(H,18,22). The van der Waals surface area contributed by atoms with Crippen LogP contribution in [-0.4, -0.2) is 52.4 Å². The Kier molecular flexibility index (Phi) is 5.63. The van der Waals surface area contributed by atoms with Crippen LogP contribution < -0.4 is 5.32 Å². The summed E-state index contributed by atoms with van der Waals surface area (Å²) in [4.78, 5) is 60.6. The Morgan fingerprint density at radius 3 is 2.16 bits per heavy atom. The highest BCUT2D eigenvalue weighted by Gasteiger charge is 2.44. The molecule has 0 aromatic heterocycles. The second-order valence-electron chi connectivity index (χ2n) is 5.67. The number of Topliss-reactive ketones (excluding diaryl/α,β-unsaturated/α-hetero) is 1. The summed E-state index contributed by atoms with van der Waals surface area (Å²) in [5.74, 6) is -2.61. The molecule has 8 nitrogen and oxygen atoms in total. The molecular formula is C17H19N3O5. The van der Waals surface area contributed by atoms with E-state index in [2.05, 4.69) is 5.32 Å². The number of benzene rings is 1. The highest BCUT2D eigenvalue weighted by Crippen LogP contribution is 2.14. The number of imide groups is 2. The van der Waals surface area contributed by atoms with Gasteiger partial charge in [-0.05, 0) is 37.6 Å². The maximum atomic E-state index is 12.1. The average molecular weight is 345 g/mol. The molecule has 0 unspecified atom stereocenters. The second kappa shape index (κ2) is 7.69. The van der Waals surface area contributed by atoms with Crippen LogP contribution >= 0.6 is 0 Å². The van der Waals surface area contributed by atoms with Crippen molar-refractivity contribution in [2.45, 2.75) is 26.7 Å². The minimum absolute atomic E-state index is 0.100. The number of hydrogen-bond donors (Lipinski definition) is 1. The van der Waals surface area contributed by atoms with Gasteiger partial charge in [-0.25, -0.2) is 9.69 Å². The molecule has 25 heavy (non-hydrogen) atoms. The van der Waals surface area contributed by atoms with Gasteiger partial charge in [-0.3, -0.25) is 24.1 Å². The summed E-state index contributed by atoms with van der Waals surface area (Å²) in [7, 11) is 0. The minimum Gasteiger partial charge on any atom is -0.325 e. The summed E-state index contributed by atoms with van der Waals surface area (Å²) >= 11 is 0. The van der Waals surface area contributed by atoms with Crippen LogP contribution in [0.3, 0.4) is 0 Å². The van der Waals surface area contributed by atoms with Crippen molar-refractivity contribution < 1.29 is 24.0 Å². The zero-order valence-corrected chi connectivity index (χ0v) is 14.1. The molecule has 1 aliphatic heterocycles. The molecule has 1 aliphatic rings. The predicted molar refractivity (Wildman–Crippen MR) is 88.8 cm³/mol. The molecule has 0 atom stereocenters. The van der Waals surface area contributed by atoms with Crippen molar-refractivity contribution in [2.75, 3.05) is 18.4 Å². The van der Waals surface area contributed by atoms with Gasteiger partial charge in [0, 0.05) is 17.8 Å². The van der Waals surface area contributed by atoms with Gasteiger partial charge >= 0.3 is 17.8 Å². The smallest absolute Gasteiger partial charge is 0.325 e. The van der Waals surface area contributed by atoms with Gasteiger partial charge in [0.2, 0.25) is 5.91 Å². The molecule has 2 rings (SSSR count). The Morgan fingerprint density at radius 1 is 1.00 bits per heavy atom. The van der Waals surface area contributed by atoms with Crippen LogP contribution in [0.15, 0.2) is 24.3 Å². The number of hydrogen-bond acceptors (Lipinski definition) is 5. The number of amides is 5. The van der Waals surface area contributed by atoms with Crippen molar-refractivity contribution in [1.82, 2.24) is 9.80 Å². The SMILES string of the molecule is CCCCN1C(=O)C(=O)N(CC(=O)Nc2ccc(C(C)=O)cc2)C1=O.